The molecule has 0 bridgehead atoms. The minimum atomic E-state index is -0.000212. The van der Waals surface area contributed by atoms with Crippen molar-refractivity contribution in [3.63, 3.8) is 0 Å². The van der Waals surface area contributed by atoms with Crippen molar-refractivity contribution in [3.8, 4) is 0 Å². The first-order valence-electron chi connectivity index (χ1n) is 4.30. The lowest BCUT2D eigenvalue weighted by atomic mass is 10.3. The third-order valence-corrected chi connectivity index (χ3v) is 2.04. The number of benzene rings is 1. The molecule has 1 aliphatic heterocycles. The van der Waals surface area contributed by atoms with Gasteiger partial charge in [0, 0.05) is 11.4 Å². The van der Waals surface area contributed by atoms with Crippen LogP contribution in [-0.4, -0.2) is 5.91 Å². The van der Waals surface area contributed by atoms with Crippen molar-refractivity contribution in [2.75, 3.05) is 10.7 Å². The molecule has 72 valence electrons. The van der Waals surface area contributed by atoms with Crippen LogP contribution in [0.5, 0.6) is 0 Å². The number of hydrazine groups is 1. The lowest BCUT2D eigenvalue weighted by Gasteiger charge is -2.16. The number of nitrogen functional groups attached to an aromatic ring is 1. The van der Waals surface area contributed by atoms with Gasteiger partial charge in [-0.2, -0.15) is 0 Å². The van der Waals surface area contributed by atoms with Gasteiger partial charge in [0.2, 0.25) is 0 Å². The summed E-state index contributed by atoms with van der Waals surface area (Å²) in [5, 5.41) is 1.47. The van der Waals surface area contributed by atoms with Crippen LogP contribution in [0, 0.1) is 0 Å². The van der Waals surface area contributed by atoms with Crippen molar-refractivity contribution in [1.29, 1.82) is 0 Å². The number of nitrogens with two attached hydrogens (primary N) is 1. The number of amides is 1. The third-order valence-electron chi connectivity index (χ3n) is 2.04. The quantitative estimate of drug-likeness (QED) is 0.648. The molecule has 1 fully saturated rings. The minimum Gasteiger partial charge on any atom is -0.399 e. The summed E-state index contributed by atoms with van der Waals surface area (Å²) in [6.45, 7) is 3.70. The van der Waals surface area contributed by atoms with Gasteiger partial charge in [-0.05, 0) is 24.3 Å². The number of rotatable bonds is 1. The van der Waals surface area contributed by atoms with Crippen LogP contribution in [0.25, 0.3) is 0 Å². The van der Waals surface area contributed by atoms with Gasteiger partial charge in [-0.3, -0.25) is 10.2 Å². The topological polar surface area (TPSA) is 58.4 Å². The van der Waals surface area contributed by atoms with E-state index in [1.165, 1.54) is 5.01 Å². The lowest BCUT2D eigenvalue weighted by molar-refractivity contribution is -0.117. The number of hydrogen-bond acceptors (Lipinski definition) is 3. The van der Waals surface area contributed by atoms with Gasteiger partial charge >= 0.3 is 0 Å². The van der Waals surface area contributed by atoms with Crippen LogP contribution in [0.2, 0.25) is 0 Å². The molecule has 1 heterocycles. The van der Waals surface area contributed by atoms with Gasteiger partial charge in [-0.15, -0.1) is 0 Å². The van der Waals surface area contributed by atoms with Gasteiger partial charge < -0.3 is 5.73 Å². The molecule has 14 heavy (non-hydrogen) atoms. The summed E-state index contributed by atoms with van der Waals surface area (Å²) in [6.07, 6.45) is 0.352. The fourth-order valence-electron chi connectivity index (χ4n) is 1.35. The van der Waals surface area contributed by atoms with Gasteiger partial charge in [0.1, 0.15) is 0 Å². The van der Waals surface area contributed by atoms with Crippen LogP contribution in [0.3, 0.4) is 0 Å². The van der Waals surface area contributed by atoms with E-state index >= 15 is 0 Å². The molecule has 4 heteroatoms. The first kappa shape index (κ1) is 8.62. The molecule has 0 atom stereocenters. The van der Waals surface area contributed by atoms with E-state index in [0.29, 0.717) is 17.8 Å². The van der Waals surface area contributed by atoms with Crippen molar-refractivity contribution >= 4 is 17.3 Å². The fourth-order valence-corrected chi connectivity index (χ4v) is 1.35. The molecule has 1 aliphatic rings. The SMILES string of the molecule is C=C1CC(=O)N(c2ccc(N)cc2)N1. The number of carbonyl (C=O) groups is 1. The number of nitrogens with zero attached hydrogens (tertiary/aromatic N) is 1. The average molecular weight is 189 g/mol. The zero-order valence-electron chi connectivity index (χ0n) is 7.66. The van der Waals surface area contributed by atoms with Crippen molar-refractivity contribution in [2.45, 2.75) is 6.42 Å². The number of anilines is 2. The molecule has 1 aromatic rings. The zero-order valence-corrected chi connectivity index (χ0v) is 7.66. The second kappa shape index (κ2) is 3.06. The van der Waals surface area contributed by atoms with Crippen LogP contribution in [0.4, 0.5) is 11.4 Å². The van der Waals surface area contributed by atoms with Crippen LogP contribution < -0.4 is 16.2 Å². The van der Waals surface area contributed by atoms with E-state index in [0.717, 1.165) is 5.69 Å². The maximum atomic E-state index is 11.4. The Morgan fingerprint density at radius 3 is 2.50 bits per heavy atom. The molecule has 0 aromatic heterocycles. The largest absolute Gasteiger partial charge is 0.399 e. The Labute approximate surface area is 82.0 Å². The summed E-state index contributed by atoms with van der Waals surface area (Å²) in [5.74, 6) is -0.000212. The van der Waals surface area contributed by atoms with E-state index in [-0.39, 0.29) is 5.91 Å². The van der Waals surface area contributed by atoms with Crippen molar-refractivity contribution in [1.82, 2.24) is 5.43 Å². The van der Waals surface area contributed by atoms with Gasteiger partial charge in [-0.25, -0.2) is 5.01 Å². The molecule has 1 saturated heterocycles. The van der Waals surface area contributed by atoms with Crippen molar-refractivity contribution in [3.05, 3.63) is 36.5 Å². The summed E-state index contributed by atoms with van der Waals surface area (Å²) in [6, 6.07) is 7.09. The van der Waals surface area contributed by atoms with Crippen molar-refractivity contribution < 1.29 is 4.79 Å². The summed E-state index contributed by atoms with van der Waals surface area (Å²) in [5.41, 5.74) is 10.6. The Bertz CT molecular complexity index is 383. The monoisotopic (exact) mass is 189 g/mol. The predicted molar refractivity (Wildman–Crippen MR) is 55.2 cm³/mol. The maximum Gasteiger partial charge on any atom is 0.251 e. The fraction of sp³-hybridized carbons (Fsp3) is 0.100. The summed E-state index contributed by atoms with van der Waals surface area (Å²) >= 11 is 0. The zero-order chi connectivity index (χ0) is 10.1. The van der Waals surface area contributed by atoms with E-state index in [4.69, 9.17) is 5.73 Å². The Balaban J connectivity index is 2.27. The van der Waals surface area contributed by atoms with E-state index < -0.39 is 0 Å². The van der Waals surface area contributed by atoms with Crippen LogP contribution >= 0.6 is 0 Å². The Kier molecular flexibility index (Phi) is 1.89. The van der Waals surface area contributed by atoms with E-state index in [1.54, 1.807) is 24.3 Å². The van der Waals surface area contributed by atoms with Gasteiger partial charge in [0.25, 0.3) is 5.91 Å². The molecule has 0 radical (unpaired) electrons. The second-order valence-corrected chi connectivity index (χ2v) is 3.21. The first-order valence-corrected chi connectivity index (χ1v) is 4.30. The highest BCUT2D eigenvalue weighted by Crippen LogP contribution is 2.20. The van der Waals surface area contributed by atoms with E-state index in [9.17, 15) is 4.79 Å². The molecule has 0 saturated carbocycles. The molecule has 0 spiro atoms. The normalized spacial score (nSPS) is 15.9. The first-order chi connectivity index (χ1) is 6.66. The van der Waals surface area contributed by atoms with Crippen LogP contribution in [0.1, 0.15) is 6.42 Å². The lowest BCUT2D eigenvalue weighted by Crippen LogP contribution is -2.33. The van der Waals surface area contributed by atoms with Gasteiger partial charge in [-0.1, -0.05) is 6.58 Å². The molecular weight excluding hydrogens is 178 g/mol. The highest BCUT2D eigenvalue weighted by atomic mass is 16.2. The number of hydrogen-bond donors (Lipinski definition) is 2. The Hall–Kier alpha value is -1.97. The molecule has 3 N–H and O–H groups in total. The molecule has 4 nitrogen and oxygen atoms in total. The van der Waals surface area contributed by atoms with Gasteiger partial charge in [0.05, 0.1) is 12.1 Å². The molecular formula is C10H11N3O. The summed E-state index contributed by atoms with van der Waals surface area (Å²) in [4.78, 5) is 11.4. The molecule has 0 aliphatic carbocycles. The molecule has 2 rings (SSSR count). The molecule has 1 aromatic carbocycles. The number of carbonyl (C=O) groups excluding carboxylic acids is 1. The van der Waals surface area contributed by atoms with Crippen LogP contribution in [-0.2, 0) is 4.79 Å². The Morgan fingerprint density at radius 1 is 1.36 bits per heavy atom. The minimum absolute atomic E-state index is 0.000212. The number of nitrogens with one attached hydrogen (secondary N) is 1. The van der Waals surface area contributed by atoms with Crippen LogP contribution in [0.15, 0.2) is 36.5 Å². The molecule has 1 amide bonds. The van der Waals surface area contributed by atoms with Crippen molar-refractivity contribution in [2.24, 2.45) is 0 Å². The standard InChI is InChI=1S/C10H11N3O/c1-7-6-10(14)13(12-7)9-4-2-8(11)3-5-9/h2-5,12H,1,6,11H2. The van der Waals surface area contributed by atoms with Gasteiger partial charge in [0.15, 0.2) is 0 Å². The highest BCUT2D eigenvalue weighted by Gasteiger charge is 2.23. The van der Waals surface area contributed by atoms with E-state index in [1.807, 2.05) is 0 Å². The molecule has 0 unspecified atom stereocenters. The third kappa shape index (κ3) is 1.42. The predicted octanol–water partition coefficient (Wildman–Crippen LogP) is 1.02. The van der Waals surface area contributed by atoms with E-state index in [2.05, 4.69) is 12.0 Å². The highest BCUT2D eigenvalue weighted by molar-refractivity contribution is 5.96. The second-order valence-electron chi connectivity index (χ2n) is 3.21. The summed E-state index contributed by atoms with van der Waals surface area (Å²) < 4.78 is 0. The average Bonchev–Trinajstić information content (AvgIpc) is 2.47. The maximum absolute atomic E-state index is 11.4. The Morgan fingerprint density at radius 2 is 2.00 bits per heavy atom. The summed E-state index contributed by atoms with van der Waals surface area (Å²) in [7, 11) is 0. The smallest absolute Gasteiger partial charge is 0.251 e.